The molecule has 3 aromatic rings. The standard InChI is InChI=1S/C16H15F2N3O/c1-9(2)15-11(7-10-3-4-12(17)13(18)8-10)16(22)21-14(20-15)5-6-19-21/h3-6,8-9,19H,7H2,1-2H3. The Kier molecular flexibility index (Phi) is 3.52. The molecule has 0 radical (unpaired) electrons. The van der Waals surface area contributed by atoms with Crippen molar-refractivity contribution in [2.75, 3.05) is 0 Å². The first-order valence-electron chi connectivity index (χ1n) is 7.00. The van der Waals surface area contributed by atoms with Gasteiger partial charge in [-0.1, -0.05) is 19.9 Å². The minimum Gasteiger partial charge on any atom is -0.297 e. The lowest BCUT2D eigenvalue weighted by Crippen LogP contribution is -2.23. The fourth-order valence-electron chi connectivity index (χ4n) is 2.51. The number of halogens is 2. The van der Waals surface area contributed by atoms with E-state index in [2.05, 4.69) is 10.1 Å². The van der Waals surface area contributed by atoms with E-state index < -0.39 is 11.6 Å². The third kappa shape index (κ3) is 2.41. The summed E-state index contributed by atoms with van der Waals surface area (Å²) in [6, 6.07) is 5.38. The van der Waals surface area contributed by atoms with Crippen LogP contribution in [0.1, 0.15) is 36.6 Å². The molecule has 0 unspecified atom stereocenters. The number of hydrogen-bond donors (Lipinski definition) is 1. The highest BCUT2D eigenvalue weighted by atomic mass is 19.2. The van der Waals surface area contributed by atoms with E-state index in [1.807, 2.05) is 13.8 Å². The maximum Gasteiger partial charge on any atom is 0.276 e. The van der Waals surface area contributed by atoms with Gasteiger partial charge in [0.05, 0.1) is 5.69 Å². The number of aromatic nitrogens is 3. The van der Waals surface area contributed by atoms with Gasteiger partial charge in [0.15, 0.2) is 17.3 Å². The summed E-state index contributed by atoms with van der Waals surface area (Å²) in [5.41, 5.74) is 2.02. The van der Waals surface area contributed by atoms with Crippen molar-refractivity contribution in [3.8, 4) is 0 Å². The Morgan fingerprint density at radius 2 is 2.00 bits per heavy atom. The van der Waals surface area contributed by atoms with Gasteiger partial charge in [-0.3, -0.25) is 9.89 Å². The predicted molar refractivity (Wildman–Crippen MR) is 79.1 cm³/mol. The molecule has 1 aromatic carbocycles. The van der Waals surface area contributed by atoms with Crippen molar-refractivity contribution in [2.24, 2.45) is 0 Å². The highest BCUT2D eigenvalue weighted by Crippen LogP contribution is 2.19. The largest absolute Gasteiger partial charge is 0.297 e. The average Bonchev–Trinajstić information content (AvgIpc) is 2.94. The van der Waals surface area contributed by atoms with Crippen molar-refractivity contribution < 1.29 is 8.78 Å². The first kappa shape index (κ1) is 14.4. The summed E-state index contributed by atoms with van der Waals surface area (Å²) in [6.07, 6.45) is 1.84. The first-order chi connectivity index (χ1) is 10.5. The number of nitrogens with one attached hydrogen (secondary N) is 1. The van der Waals surface area contributed by atoms with Crippen LogP contribution in [0.5, 0.6) is 0 Å². The topological polar surface area (TPSA) is 50.2 Å². The van der Waals surface area contributed by atoms with Gasteiger partial charge in [0.1, 0.15) is 0 Å². The lowest BCUT2D eigenvalue weighted by molar-refractivity contribution is 0.507. The SMILES string of the molecule is CC(C)c1nc2cc[nH]n2c(=O)c1Cc1ccc(F)c(F)c1. The molecule has 0 saturated carbocycles. The monoisotopic (exact) mass is 303 g/mol. The Labute approximate surface area is 125 Å². The summed E-state index contributed by atoms with van der Waals surface area (Å²) in [4.78, 5) is 17.1. The minimum absolute atomic E-state index is 0.0490. The average molecular weight is 303 g/mol. The summed E-state index contributed by atoms with van der Waals surface area (Å²) >= 11 is 0. The van der Waals surface area contributed by atoms with Gasteiger partial charge in [-0.05, 0) is 23.6 Å². The highest BCUT2D eigenvalue weighted by Gasteiger charge is 2.17. The van der Waals surface area contributed by atoms with Gasteiger partial charge in [0, 0.05) is 24.2 Å². The van der Waals surface area contributed by atoms with E-state index in [0.29, 0.717) is 22.5 Å². The van der Waals surface area contributed by atoms with E-state index >= 15 is 0 Å². The van der Waals surface area contributed by atoms with E-state index in [-0.39, 0.29) is 17.9 Å². The molecule has 0 bridgehead atoms. The Morgan fingerprint density at radius 3 is 2.68 bits per heavy atom. The molecule has 1 N–H and O–H groups in total. The lowest BCUT2D eigenvalue weighted by Gasteiger charge is -2.12. The zero-order chi connectivity index (χ0) is 15.9. The number of nitrogens with zero attached hydrogens (tertiary/aromatic N) is 2. The zero-order valence-electron chi connectivity index (χ0n) is 12.2. The van der Waals surface area contributed by atoms with E-state index in [1.54, 1.807) is 12.3 Å². The van der Waals surface area contributed by atoms with Gasteiger partial charge >= 0.3 is 0 Å². The molecule has 0 aliphatic rings. The molecule has 2 aromatic heterocycles. The van der Waals surface area contributed by atoms with Gasteiger partial charge < -0.3 is 0 Å². The van der Waals surface area contributed by atoms with Gasteiger partial charge in [0.25, 0.3) is 5.56 Å². The number of aromatic amines is 1. The number of benzene rings is 1. The van der Waals surface area contributed by atoms with E-state index in [1.165, 1.54) is 10.6 Å². The minimum atomic E-state index is -0.919. The Hall–Kier alpha value is -2.50. The lowest BCUT2D eigenvalue weighted by atomic mass is 9.99. The Morgan fingerprint density at radius 1 is 1.23 bits per heavy atom. The maximum absolute atomic E-state index is 13.4. The number of H-pyrrole nitrogens is 1. The van der Waals surface area contributed by atoms with Crippen LogP contribution in [0, 0.1) is 11.6 Å². The predicted octanol–water partition coefficient (Wildman–Crippen LogP) is 3.02. The molecular weight excluding hydrogens is 288 g/mol. The van der Waals surface area contributed by atoms with Crippen LogP contribution in [0.2, 0.25) is 0 Å². The van der Waals surface area contributed by atoms with Crippen LogP contribution in [-0.4, -0.2) is 14.6 Å². The molecule has 0 fully saturated rings. The third-order valence-electron chi connectivity index (χ3n) is 3.58. The van der Waals surface area contributed by atoms with Crippen molar-refractivity contribution in [1.29, 1.82) is 0 Å². The second-order valence-electron chi connectivity index (χ2n) is 5.52. The zero-order valence-corrected chi connectivity index (χ0v) is 12.2. The molecular formula is C16H15F2N3O. The summed E-state index contributed by atoms with van der Waals surface area (Å²) in [5.74, 6) is -1.77. The Bertz CT molecular complexity index is 896. The smallest absolute Gasteiger partial charge is 0.276 e. The van der Waals surface area contributed by atoms with Gasteiger partial charge in [-0.25, -0.2) is 18.3 Å². The van der Waals surface area contributed by atoms with E-state index in [4.69, 9.17) is 0 Å². The second kappa shape index (κ2) is 5.36. The van der Waals surface area contributed by atoms with Crippen LogP contribution in [-0.2, 0) is 6.42 Å². The molecule has 114 valence electrons. The molecule has 6 heteroatoms. The van der Waals surface area contributed by atoms with Crippen molar-refractivity contribution in [3.63, 3.8) is 0 Å². The maximum atomic E-state index is 13.4. The molecule has 0 saturated heterocycles. The molecule has 22 heavy (non-hydrogen) atoms. The van der Waals surface area contributed by atoms with Crippen LogP contribution >= 0.6 is 0 Å². The van der Waals surface area contributed by atoms with E-state index in [9.17, 15) is 13.6 Å². The van der Waals surface area contributed by atoms with Crippen molar-refractivity contribution in [1.82, 2.24) is 14.6 Å². The summed E-state index contributed by atoms with van der Waals surface area (Å²) in [7, 11) is 0. The van der Waals surface area contributed by atoms with Crippen molar-refractivity contribution in [3.05, 3.63) is 69.3 Å². The van der Waals surface area contributed by atoms with Crippen molar-refractivity contribution >= 4 is 5.65 Å². The molecule has 3 rings (SSSR count). The van der Waals surface area contributed by atoms with Gasteiger partial charge in [-0.15, -0.1) is 0 Å². The molecule has 0 spiro atoms. The van der Waals surface area contributed by atoms with Crippen LogP contribution in [0.25, 0.3) is 5.65 Å². The summed E-state index contributed by atoms with van der Waals surface area (Å²) < 4.78 is 27.7. The van der Waals surface area contributed by atoms with Crippen molar-refractivity contribution in [2.45, 2.75) is 26.2 Å². The number of hydrogen-bond acceptors (Lipinski definition) is 2. The molecule has 4 nitrogen and oxygen atoms in total. The second-order valence-corrected chi connectivity index (χ2v) is 5.52. The molecule has 0 atom stereocenters. The molecule has 0 aliphatic carbocycles. The third-order valence-corrected chi connectivity index (χ3v) is 3.58. The molecule has 0 aliphatic heterocycles. The number of rotatable bonds is 3. The highest BCUT2D eigenvalue weighted by molar-refractivity contribution is 5.41. The fraction of sp³-hybridized carbons (Fsp3) is 0.250. The van der Waals surface area contributed by atoms with Crippen LogP contribution in [0.3, 0.4) is 0 Å². The first-order valence-corrected chi connectivity index (χ1v) is 7.00. The molecule has 0 amide bonds. The van der Waals surface area contributed by atoms with E-state index in [0.717, 1.165) is 12.1 Å². The molecule has 2 heterocycles. The van der Waals surface area contributed by atoms with Crippen LogP contribution < -0.4 is 5.56 Å². The normalized spacial score (nSPS) is 11.5. The summed E-state index contributed by atoms with van der Waals surface area (Å²) in [5, 5.41) is 2.81. The van der Waals surface area contributed by atoms with Crippen LogP contribution in [0.4, 0.5) is 8.78 Å². The number of fused-ring (bicyclic) bond motifs is 1. The summed E-state index contributed by atoms with van der Waals surface area (Å²) in [6.45, 7) is 3.89. The van der Waals surface area contributed by atoms with Gasteiger partial charge in [0.2, 0.25) is 0 Å². The Balaban J connectivity index is 2.15. The van der Waals surface area contributed by atoms with Gasteiger partial charge in [-0.2, -0.15) is 0 Å². The fourth-order valence-corrected chi connectivity index (χ4v) is 2.51. The van der Waals surface area contributed by atoms with Crippen LogP contribution in [0.15, 0.2) is 35.3 Å². The quantitative estimate of drug-likeness (QED) is 0.808.